The second-order valence-corrected chi connectivity index (χ2v) is 3.96. The Morgan fingerprint density at radius 1 is 1.00 bits per heavy atom. The van der Waals surface area contributed by atoms with Crippen molar-refractivity contribution in [2.24, 2.45) is 0 Å². The fourth-order valence-corrected chi connectivity index (χ4v) is 1.70. The Kier molecular flexibility index (Phi) is 3.97. The number of anilines is 2. The van der Waals surface area contributed by atoms with E-state index in [2.05, 4.69) is 34.6 Å². The van der Waals surface area contributed by atoms with Crippen LogP contribution in [0.5, 0.6) is 0 Å². The van der Waals surface area contributed by atoms with Gasteiger partial charge < -0.3 is 11.1 Å². The van der Waals surface area contributed by atoms with Crippen molar-refractivity contribution in [2.45, 2.75) is 12.8 Å². The van der Waals surface area contributed by atoms with Crippen LogP contribution in [0.2, 0.25) is 0 Å². The topological polar surface area (TPSA) is 50.9 Å². The summed E-state index contributed by atoms with van der Waals surface area (Å²) in [5.41, 5.74) is 6.97. The summed E-state index contributed by atoms with van der Waals surface area (Å²) in [5, 5.41) is 3.26. The zero-order chi connectivity index (χ0) is 11.9. The van der Waals surface area contributed by atoms with E-state index in [-0.39, 0.29) is 0 Å². The first-order valence-electron chi connectivity index (χ1n) is 5.85. The lowest BCUT2D eigenvalue weighted by molar-refractivity contribution is 0.859. The van der Waals surface area contributed by atoms with Crippen molar-refractivity contribution in [3.05, 3.63) is 54.1 Å². The highest BCUT2D eigenvalue weighted by molar-refractivity contribution is 5.42. The molecule has 0 radical (unpaired) electrons. The summed E-state index contributed by atoms with van der Waals surface area (Å²) >= 11 is 0. The maximum atomic E-state index is 5.60. The molecule has 17 heavy (non-hydrogen) atoms. The van der Waals surface area contributed by atoms with Gasteiger partial charge in [-0.05, 0) is 30.5 Å². The van der Waals surface area contributed by atoms with E-state index < -0.39 is 0 Å². The van der Waals surface area contributed by atoms with Gasteiger partial charge in [0.15, 0.2) is 0 Å². The minimum absolute atomic E-state index is 0.554. The minimum Gasteiger partial charge on any atom is -0.384 e. The standard InChI is InChI=1S/C14H17N3/c15-13-9-4-10-14(17-13)16-11-5-8-12-6-2-1-3-7-12/h1-4,6-7,9-10H,5,8,11H2,(H3,15,16,17). The van der Waals surface area contributed by atoms with Gasteiger partial charge in [0, 0.05) is 6.54 Å². The third-order valence-electron chi connectivity index (χ3n) is 2.56. The summed E-state index contributed by atoms with van der Waals surface area (Å²) in [6.45, 7) is 0.908. The Morgan fingerprint density at radius 2 is 1.82 bits per heavy atom. The summed E-state index contributed by atoms with van der Waals surface area (Å²) < 4.78 is 0. The second-order valence-electron chi connectivity index (χ2n) is 3.96. The predicted octanol–water partition coefficient (Wildman–Crippen LogP) is 2.71. The number of nitrogens with one attached hydrogen (secondary N) is 1. The molecular weight excluding hydrogens is 210 g/mol. The van der Waals surface area contributed by atoms with Crippen molar-refractivity contribution in [3.63, 3.8) is 0 Å². The molecule has 3 N–H and O–H groups in total. The number of hydrogen-bond acceptors (Lipinski definition) is 3. The van der Waals surface area contributed by atoms with Gasteiger partial charge in [-0.3, -0.25) is 0 Å². The smallest absolute Gasteiger partial charge is 0.128 e. The van der Waals surface area contributed by atoms with E-state index in [1.165, 1.54) is 5.56 Å². The largest absolute Gasteiger partial charge is 0.384 e. The number of hydrogen-bond donors (Lipinski definition) is 2. The molecule has 0 amide bonds. The molecule has 1 aromatic carbocycles. The van der Waals surface area contributed by atoms with Crippen LogP contribution in [0.4, 0.5) is 11.6 Å². The molecule has 3 heteroatoms. The van der Waals surface area contributed by atoms with Crippen molar-refractivity contribution in [1.29, 1.82) is 0 Å². The first kappa shape index (κ1) is 11.5. The molecule has 0 aliphatic rings. The average molecular weight is 227 g/mol. The lowest BCUT2D eigenvalue weighted by Crippen LogP contribution is -2.05. The molecule has 0 atom stereocenters. The summed E-state index contributed by atoms with van der Waals surface area (Å²) in [7, 11) is 0. The molecule has 0 saturated carbocycles. The molecule has 3 nitrogen and oxygen atoms in total. The monoisotopic (exact) mass is 227 g/mol. The summed E-state index contributed by atoms with van der Waals surface area (Å²) in [6.07, 6.45) is 2.16. The molecule has 0 aliphatic carbocycles. The highest BCUT2D eigenvalue weighted by Gasteiger charge is 1.95. The molecule has 1 heterocycles. The third kappa shape index (κ3) is 3.79. The average Bonchev–Trinajstić information content (AvgIpc) is 2.36. The van der Waals surface area contributed by atoms with Gasteiger partial charge in [0.1, 0.15) is 11.6 Å². The predicted molar refractivity (Wildman–Crippen MR) is 71.9 cm³/mol. The molecule has 0 aliphatic heterocycles. The van der Waals surface area contributed by atoms with Crippen molar-refractivity contribution in [2.75, 3.05) is 17.6 Å². The van der Waals surface area contributed by atoms with Crippen LogP contribution in [-0.2, 0) is 6.42 Å². The fourth-order valence-electron chi connectivity index (χ4n) is 1.70. The van der Waals surface area contributed by atoms with Gasteiger partial charge in [0.2, 0.25) is 0 Å². The summed E-state index contributed by atoms with van der Waals surface area (Å²) in [5.74, 6) is 1.40. The van der Waals surface area contributed by atoms with Gasteiger partial charge in [-0.1, -0.05) is 36.4 Å². The van der Waals surface area contributed by atoms with Crippen LogP contribution in [0.15, 0.2) is 48.5 Å². The first-order chi connectivity index (χ1) is 8.34. The SMILES string of the molecule is Nc1cccc(NCCCc2ccccc2)n1. The van der Waals surface area contributed by atoms with Crippen LogP contribution >= 0.6 is 0 Å². The molecule has 88 valence electrons. The van der Waals surface area contributed by atoms with E-state index in [9.17, 15) is 0 Å². The molecule has 0 unspecified atom stereocenters. The van der Waals surface area contributed by atoms with Crippen molar-refractivity contribution < 1.29 is 0 Å². The Bertz CT molecular complexity index is 454. The van der Waals surface area contributed by atoms with Crippen LogP contribution in [0.3, 0.4) is 0 Å². The van der Waals surface area contributed by atoms with Gasteiger partial charge in [-0.25, -0.2) is 4.98 Å². The van der Waals surface area contributed by atoms with Gasteiger partial charge >= 0.3 is 0 Å². The molecule has 0 saturated heterocycles. The van der Waals surface area contributed by atoms with Gasteiger partial charge in [0.05, 0.1) is 0 Å². The number of rotatable bonds is 5. The van der Waals surface area contributed by atoms with E-state index >= 15 is 0 Å². The zero-order valence-corrected chi connectivity index (χ0v) is 9.76. The second kappa shape index (κ2) is 5.89. The summed E-state index contributed by atoms with van der Waals surface area (Å²) in [6, 6.07) is 16.1. The lowest BCUT2D eigenvalue weighted by atomic mass is 10.1. The molecule has 1 aromatic heterocycles. The number of pyridine rings is 1. The number of benzene rings is 1. The number of aryl methyl sites for hydroxylation is 1. The highest BCUT2D eigenvalue weighted by Crippen LogP contribution is 2.07. The molecule has 0 fully saturated rings. The van der Waals surface area contributed by atoms with Crippen molar-refractivity contribution in [1.82, 2.24) is 4.98 Å². The van der Waals surface area contributed by atoms with Gasteiger partial charge in [0.25, 0.3) is 0 Å². The number of nitrogen functional groups attached to an aromatic ring is 1. The maximum absolute atomic E-state index is 5.60. The highest BCUT2D eigenvalue weighted by atomic mass is 15.0. The van der Waals surface area contributed by atoms with Crippen LogP contribution < -0.4 is 11.1 Å². The van der Waals surface area contributed by atoms with Crippen LogP contribution in [0.25, 0.3) is 0 Å². The normalized spacial score (nSPS) is 10.1. The number of nitrogens with two attached hydrogens (primary N) is 1. The Labute approximate surface area is 102 Å². The molecular formula is C14H17N3. The van der Waals surface area contributed by atoms with E-state index in [0.717, 1.165) is 25.2 Å². The Hall–Kier alpha value is -2.03. The maximum Gasteiger partial charge on any atom is 0.128 e. The van der Waals surface area contributed by atoms with E-state index in [1.54, 1.807) is 6.07 Å². The lowest BCUT2D eigenvalue weighted by Gasteiger charge is -2.05. The molecule has 0 spiro atoms. The fraction of sp³-hybridized carbons (Fsp3) is 0.214. The third-order valence-corrected chi connectivity index (χ3v) is 2.56. The first-order valence-corrected chi connectivity index (χ1v) is 5.85. The van der Waals surface area contributed by atoms with E-state index in [4.69, 9.17) is 5.73 Å². The Morgan fingerprint density at radius 3 is 2.59 bits per heavy atom. The Balaban J connectivity index is 1.73. The van der Waals surface area contributed by atoms with E-state index in [1.807, 2.05) is 18.2 Å². The van der Waals surface area contributed by atoms with Crippen LogP contribution in [0.1, 0.15) is 12.0 Å². The van der Waals surface area contributed by atoms with Crippen molar-refractivity contribution >= 4 is 11.6 Å². The minimum atomic E-state index is 0.554. The van der Waals surface area contributed by atoms with Crippen LogP contribution in [-0.4, -0.2) is 11.5 Å². The quantitative estimate of drug-likeness (QED) is 0.772. The molecule has 2 aromatic rings. The van der Waals surface area contributed by atoms with Gasteiger partial charge in [-0.2, -0.15) is 0 Å². The van der Waals surface area contributed by atoms with Crippen molar-refractivity contribution in [3.8, 4) is 0 Å². The number of nitrogens with zero attached hydrogens (tertiary/aromatic N) is 1. The molecule has 2 rings (SSSR count). The number of aromatic nitrogens is 1. The van der Waals surface area contributed by atoms with Crippen LogP contribution in [0, 0.1) is 0 Å². The van der Waals surface area contributed by atoms with E-state index in [0.29, 0.717) is 5.82 Å². The summed E-state index contributed by atoms with van der Waals surface area (Å²) in [4.78, 5) is 4.18. The molecule has 0 bridgehead atoms. The van der Waals surface area contributed by atoms with Gasteiger partial charge in [-0.15, -0.1) is 0 Å². The zero-order valence-electron chi connectivity index (χ0n) is 9.76.